The molecule has 6 aromatic rings. The summed E-state index contributed by atoms with van der Waals surface area (Å²) < 4.78 is 2.01. The van der Waals surface area contributed by atoms with Gasteiger partial charge < -0.3 is 5.11 Å². The Labute approximate surface area is 215 Å². The molecular formula is C28H18N3OPtS-. The van der Waals surface area contributed by atoms with Crippen molar-refractivity contribution in [3.8, 4) is 22.8 Å². The summed E-state index contributed by atoms with van der Waals surface area (Å²) in [6.45, 7) is 0. The number of pyridine rings is 2. The van der Waals surface area contributed by atoms with Gasteiger partial charge in [-0.2, -0.15) is 30.3 Å². The molecule has 0 fully saturated rings. The van der Waals surface area contributed by atoms with Crippen LogP contribution in [0, 0.1) is 6.07 Å². The Kier molecular flexibility index (Phi) is 6.23. The normalized spacial score (nSPS) is 10.9. The van der Waals surface area contributed by atoms with E-state index >= 15 is 0 Å². The van der Waals surface area contributed by atoms with Gasteiger partial charge in [-0.15, -0.1) is 0 Å². The maximum absolute atomic E-state index is 10.6. The smallest absolute Gasteiger partial charge is 0.146 e. The van der Waals surface area contributed by atoms with E-state index in [0.29, 0.717) is 5.69 Å². The second-order valence-electron chi connectivity index (χ2n) is 7.60. The second-order valence-corrected chi connectivity index (χ2v) is 8.66. The summed E-state index contributed by atoms with van der Waals surface area (Å²) in [5.41, 5.74) is 4.06. The molecule has 168 valence electrons. The van der Waals surface area contributed by atoms with E-state index in [1.807, 2.05) is 83.4 Å². The SMILES string of the molecule is Oc1ccccc1-n1c2ccccc2c2ccc(-c3cccc(Sc4[c-]cccc4)n3)nc21.[Pt]. The fraction of sp³-hybridized carbons (Fsp3) is 0. The Morgan fingerprint density at radius 2 is 1.50 bits per heavy atom. The average molecular weight is 640 g/mol. The first kappa shape index (κ1) is 22.4. The molecule has 0 spiro atoms. The molecule has 3 heterocycles. The molecule has 3 aromatic carbocycles. The van der Waals surface area contributed by atoms with Crippen LogP contribution in [0.1, 0.15) is 0 Å². The molecule has 0 saturated carbocycles. The van der Waals surface area contributed by atoms with Gasteiger partial charge in [-0.05, 0) is 42.5 Å². The molecule has 0 aliphatic carbocycles. The number of fused-ring (bicyclic) bond motifs is 3. The number of phenolic OH excluding ortho intramolecular Hbond substituents is 1. The van der Waals surface area contributed by atoms with Gasteiger partial charge in [-0.1, -0.05) is 53.1 Å². The summed E-state index contributed by atoms with van der Waals surface area (Å²) in [5.74, 6) is 0.211. The molecule has 0 unspecified atom stereocenters. The molecule has 0 atom stereocenters. The number of aromatic nitrogens is 3. The standard InChI is InChI=1S/C28H18N3OS.Pt/c32-26-15-7-6-14-25(26)31-24-13-5-4-11-20(24)21-17-18-23(30-28(21)31)22-12-8-16-27(29-22)33-19-9-2-1-3-10-19;/h1-9,11-18,32H;/q-1;. The van der Waals surface area contributed by atoms with E-state index in [1.165, 1.54) is 0 Å². The predicted octanol–water partition coefficient (Wildman–Crippen LogP) is 6.90. The quantitative estimate of drug-likeness (QED) is 0.214. The number of phenols is 1. The van der Waals surface area contributed by atoms with Gasteiger partial charge in [0.05, 0.1) is 27.6 Å². The average Bonchev–Trinajstić information content (AvgIpc) is 3.19. The first-order valence-corrected chi connectivity index (χ1v) is 11.4. The maximum Gasteiger partial charge on any atom is 0.146 e. The van der Waals surface area contributed by atoms with Crippen LogP contribution in [-0.4, -0.2) is 19.6 Å². The number of benzene rings is 3. The number of hydrogen-bond acceptors (Lipinski definition) is 4. The number of para-hydroxylation sites is 3. The monoisotopic (exact) mass is 639 g/mol. The van der Waals surface area contributed by atoms with E-state index in [-0.39, 0.29) is 26.8 Å². The van der Waals surface area contributed by atoms with E-state index in [4.69, 9.17) is 9.97 Å². The number of hydrogen-bond donors (Lipinski definition) is 1. The second kappa shape index (κ2) is 9.46. The molecule has 0 aliphatic rings. The topological polar surface area (TPSA) is 50.9 Å². The van der Waals surface area contributed by atoms with Crippen molar-refractivity contribution < 1.29 is 26.2 Å². The van der Waals surface area contributed by atoms with Gasteiger partial charge >= 0.3 is 0 Å². The Morgan fingerprint density at radius 3 is 2.35 bits per heavy atom. The van der Waals surface area contributed by atoms with Crippen molar-refractivity contribution in [3.63, 3.8) is 0 Å². The molecule has 0 saturated heterocycles. The van der Waals surface area contributed by atoms with Crippen LogP contribution < -0.4 is 0 Å². The minimum absolute atomic E-state index is 0. The molecule has 0 radical (unpaired) electrons. The van der Waals surface area contributed by atoms with Crippen LogP contribution in [0.5, 0.6) is 5.75 Å². The maximum atomic E-state index is 10.6. The molecule has 0 amide bonds. The van der Waals surface area contributed by atoms with Crippen LogP contribution in [0.2, 0.25) is 0 Å². The number of nitrogens with zero attached hydrogens (tertiary/aromatic N) is 3. The third-order valence-electron chi connectivity index (χ3n) is 5.53. The molecule has 1 N–H and O–H groups in total. The minimum Gasteiger partial charge on any atom is -0.506 e. The van der Waals surface area contributed by atoms with Gasteiger partial charge in [0.1, 0.15) is 11.4 Å². The van der Waals surface area contributed by atoms with Crippen molar-refractivity contribution in [2.45, 2.75) is 9.92 Å². The molecule has 4 nitrogen and oxygen atoms in total. The zero-order valence-corrected chi connectivity index (χ0v) is 20.9. The Balaban J connectivity index is 0.00000241. The van der Waals surface area contributed by atoms with E-state index < -0.39 is 0 Å². The van der Waals surface area contributed by atoms with Crippen molar-refractivity contribution >= 4 is 33.7 Å². The Bertz CT molecular complexity index is 1620. The third kappa shape index (κ3) is 4.02. The zero-order chi connectivity index (χ0) is 22.2. The van der Waals surface area contributed by atoms with E-state index in [1.54, 1.807) is 17.8 Å². The fourth-order valence-corrected chi connectivity index (χ4v) is 4.84. The summed E-state index contributed by atoms with van der Waals surface area (Å²) >= 11 is 1.57. The van der Waals surface area contributed by atoms with Gasteiger partial charge in [0.25, 0.3) is 0 Å². The summed E-state index contributed by atoms with van der Waals surface area (Å²) in [5, 5.41) is 13.6. The van der Waals surface area contributed by atoms with Crippen molar-refractivity contribution in [2.75, 3.05) is 0 Å². The van der Waals surface area contributed by atoms with E-state index in [9.17, 15) is 5.11 Å². The Morgan fingerprint density at radius 1 is 0.706 bits per heavy atom. The first-order valence-electron chi connectivity index (χ1n) is 10.6. The summed E-state index contributed by atoms with van der Waals surface area (Å²) in [4.78, 5) is 10.9. The largest absolute Gasteiger partial charge is 0.506 e. The van der Waals surface area contributed by atoms with Crippen LogP contribution in [0.15, 0.2) is 113 Å². The van der Waals surface area contributed by atoms with Crippen molar-refractivity contribution in [1.29, 1.82) is 0 Å². The van der Waals surface area contributed by atoms with E-state index in [2.05, 4.69) is 24.3 Å². The molecule has 3 aromatic heterocycles. The van der Waals surface area contributed by atoms with Gasteiger partial charge in [-0.25, -0.2) is 9.97 Å². The molecule has 34 heavy (non-hydrogen) atoms. The summed E-state index contributed by atoms with van der Waals surface area (Å²) in [6, 6.07) is 36.7. The summed E-state index contributed by atoms with van der Waals surface area (Å²) in [6.07, 6.45) is 0. The van der Waals surface area contributed by atoms with Crippen LogP contribution in [-0.2, 0) is 21.1 Å². The van der Waals surface area contributed by atoms with Crippen LogP contribution in [0.3, 0.4) is 0 Å². The molecule has 0 bridgehead atoms. The van der Waals surface area contributed by atoms with Gasteiger partial charge in [-0.3, -0.25) is 4.57 Å². The zero-order valence-electron chi connectivity index (χ0n) is 17.8. The number of aromatic hydroxyl groups is 1. The predicted molar refractivity (Wildman–Crippen MR) is 133 cm³/mol. The van der Waals surface area contributed by atoms with Gasteiger partial charge in [0, 0.05) is 31.8 Å². The molecule has 0 aliphatic heterocycles. The van der Waals surface area contributed by atoms with Gasteiger partial charge in [0.15, 0.2) is 0 Å². The minimum atomic E-state index is 0. The number of rotatable bonds is 4. The first-order chi connectivity index (χ1) is 16.3. The van der Waals surface area contributed by atoms with Crippen molar-refractivity contribution in [1.82, 2.24) is 14.5 Å². The van der Waals surface area contributed by atoms with Crippen molar-refractivity contribution in [2.24, 2.45) is 0 Å². The van der Waals surface area contributed by atoms with Gasteiger partial charge in [0.2, 0.25) is 0 Å². The van der Waals surface area contributed by atoms with Crippen LogP contribution >= 0.6 is 11.8 Å². The van der Waals surface area contributed by atoms with Crippen LogP contribution in [0.4, 0.5) is 0 Å². The fourth-order valence-electron chi connectivity index (χ4n) is 4.05. The van der Waals surface area contributed by atoms with E-state index in [0.717, 1.165) is 43.2 Å². The molecular weight excluding hydrogens is 621 g/mol. The summed E-state index contributed by atoms with van der Waals surface area (Å²) in [7, 11) is 0. The Hall–Kier alpha value is -3.40. The van der Waals surface area contributed by atoms with Crippen LogP contribution in [0.25, 0.3) is 39.0 Å². The third-order valence-corrected chi connectivity index (χ3v) is 6.44. The molecule has 6 rings (SSSR count). The van der Waals surface area contributed by atoms with Crippen molar-refractivity contribution in [3.05, 3.63) is 109 Å². The molecule has 6 heteroatoms.